The Kier molecular flexibility index (Phi) is 8.76. The molecule has 4 nitrogen and oxygen atoms in total. The van der Waals surface area contributed by atoms with Crippen LogP contribution in [-0.4, -0.2) is 59.6 Å². The molecule has 0 bridgehead atoms. The number of carboxylic acids is 1. The molecule has 3 fully saturated rings. The van der Waals surface area contributed by atoms with Crippen molar-refractivity contribution in [2.45, 2.75) is 69.7 Å². The number of rotatable bonds is 10. The maximum absolute atomic E-state index is 12.4. The third kappa shape index (κ3) is 6.39. The summed E-state index contributed by atoms with van der Waals surface area (Å²) in [5.74, 6) is 1.51. The molecule has 2 heterocycles. The molecule has 0 radical (unpaired) electrons. The zero-order valence-corrected chi connectivity index (χ0v) is 21.8. The van der Waals surface area contributed by atoms with Gasteiger partial charge in [-0.25, -0.2) is 0 Å². The van der Waals surface area contributed by atoms with Gasteiger partial charge in [0.25, 0.3) is 0 Å². The Balaban J connectivity index is 1.17. The number of likely N-dealkylation sites (tertiary alicyclic amines) is 2. The Morgan fingerprint density at radius 3 is 2.22 bits per heavy atom. The van der Waals surface area contributed by atoms with Gasteiger partial charge in [0.2, 0.25) is 0 Å². The van der Waals surface area contributed by atoms with Gasteiger partial charge >= 0.3 is 5.97 Å². The van der Waals surface area contributed by atoms with E-state index in [4.69, 9.17) is 0 Å². The largest absolute Gasteiger partial charge is 0.480 e. The first-order valence-electron chi connectivity index (χ1n) is 14.5. The van der Waals surface area contributed by atoms with E-state index >= 15 is 0 Å². The molecule has 1 saturated carbocycles. The molecule has 0 aromatic heterocycles. The summed E-state index contributed by atoms with van der Waals surface area (Å²) in [6, 6.07) is 21.5. The highest BCUT2D eigenvalue weighted by Gasteiger charge is 2.43. The predicted molar refractivity (Wildman–Crippen MR) is 146 cm³/mol. The van der Waals surface area contributed by atoms with E-state index in [0.717, 1.165) is 38.4 Å². The number of benzene rings is 2. The molecule has 5 rings (SSSR count). The van der Waals surface area contributed by atoms with E-state index in [2.05, 4.69) is 70.5 Å². The number of aliphatic carboxylic acids is 1. The van der Waals surface area contributed by atoms with E-state index in [-0.39, 0.29) is 6.04 Å². The van der Waals surface area contributed by atoms with E-state index < -0.39 is 5.97 Å². The standard InChI is InChI=1S/C32H44N2O2/c35-32(36)31(28-16-7-8-17-28)34-23-29(30(24-34)27-14-5-2-6-15-27)22-33-20-18-26(19-21-33)13-9-12-25-10-3-1-4-11-25/h1-6,10-11,14-15,26,28-31H,7-9,12-13,16-24H2,(H,35,36). The lowest BCUT2D eigenvalue weighted by molar-refractivity contribution is -0.145. The zero-order valence-electron chi connectivity index (χ0n) is 21.8. The maximum Gasteiger partial charge on any atom is 0.321 e. The van der Waals surface area contributed by atoms with Crippen molar-refractivity contribution in [1.82, 2.24) is 9.80 Å². The second-order valence-electron chi connectivity index (χ2n) is 11.7. The van der Waals surface area contributed by atoms with Crippen LogP contribution in [-0.2, 0) is 11.2 Å². The maximum atomic E-state index is 12.4. The van der Waals surface area contributed by atoms with Crippen LogP contribution in [0.2, 0.25) is 0 Å². The third-order valence-corrected chi connectivity index (χ3v) is 9.31. The molecule has 0 spiro atoms. The summed E-state index contributed by atoms with van der Waals surface area (Å²) < 4.78 is 0. The highest BCUT2D eigenvalue weighted by atomic mass is 16.4. The molecule has 0 amide bonds. The molecule has 36 heavy (non-hydrogen) atoms. The molecular weight excluding hydrogens is 444 g/mol. The first kappa shape index (κ1) is 25.5. The summed E-state index contributed by atoms with van der Waals surface area (Å²) in [5, 5.41) is 10.2. The van der Waals surface area contributed by atoms with E-state index in [1.165, 1.54) is 69.2 Å². The Hall–Kier alpha value is -2.17. The van der Waals surface area contributed by atoms with Gasteiger partial charge in [-0.15, -0.1) is 0 Å². The summed E-state index contributed by atoms with van der Waals surface area (Å²) in [7, 11) is 0. The van der Waals surface area contributed by atoms with Gasteiger partial charge in [-0.2, -0.15) is 0 Å². The smallest absolute Gasteiger partial charge is 0.321 e. The molecule has 3 unspecified atom stereocenters. The molecule has 194 valence electrons. The van der Waals surface area contributed by atoms with Crippen LogP contribution in [0.3, 0.4) is 0 Å². The highest BCUT2D eigenvalue weighted by molar-refractivity contribution is 5.74. The van der Waals surface area contributed by atoms with Crippen LogP contribution in [0.4, 0.5) is 0 Å². The molecule has 1 aliphatic carbocycles. The molecule has 3 aliphatic rings. The van der Waals surface area contributed by atoms with Crippen LogP contribution in [0.5, 0.6) is 0 Å². The minimum absolute atomic E-state index is 0.306. The second kappa shape index (κ2) is 12.4. The lowest BCUT2D eigenvalue weighted by Gasteiger charge is -2.35. The summed E-state index contributed by atoms with van der Waals surface area (Å²) in [6.45, 7) is 5.30. The summed E-state index contributed by atoms with van der Waals surface area (Å²) in [6.07, 6.45) is 11.0. The highest BCUT2D eigenvalue weighted by Crippen LogP contribution is 2.39. The monoisotopic (exact) mass is 488 g/mol. The number of carbonyl (C=O) groups is 1. The Morgan fingerprint density at radius 1 is 0.889 bits per heavy atom. The molecule has 2 aromatic rings. The van der Waals surface area contributed by atoms with Gasteiger partial charge in [0.05, 0.1) is 0 Å². The van der Waals surface area contributed by atoms with Crippen LogP contribution < -0.4 is 0 Å². The summed E-state index contributed by atoms with van der Waals surface area (Å²) in [4.78, 5) is 17.4. The molecule has 2 aromatic carbocycles. The number of aryl methyl sites for hydroxylation is 1. The molecule has 1 N–H and O–H groups in total. The van der Waals surface area contributed by atoms with Crippen molar-refractivity contribution in [3.63, 3.8) is 0 Å². The van der Waals surface area contributed by atoms with Crippen LogP contribution in [0.15, 0.2) is 60.7 Å². The number of nitrogens with zero attached hydrogens (tertiary/aromatic N) is 2. The van der Waals surface area contributed by atoms with Gasteiger partial charge in [0.1, 0.15) is 6.04 Å². The molecule has 2 saturated heterocycles. The van der Waals surface area contributed by atoms with Crippen LogP contribution >= 0.6 is 0 Å². The van der Waals surface area contributed by atoms with Crippen molar-refractivity contribution in [3.05, 3.63) is 71.8 Å². The normalized spacial score (nSPS) is 25.3. The number of hydrogen-bond acceptors (Lipinski definition) is 3. The Morgan fingerprint density at radius 2 is 1.56 bits per heavy atom. The fraction of sp³-hybridized carbons (Fsp3) is 0.594. The van der Waals surface area contributed by atoms with Gasteiger partial charge in [-0.1, -0.05) is 79.9 Å². The number of piperidine rings is 1. The predicted octanol–water partition coefficient (Wildman–Crippen LogP) is 6.08. The topological polar surface area (TPSA) is 43.8 Å². The van der Waals surface area contributed by atoms with Crippen LogP contribution in [0.25, 0.3) is 0 Å². The van der Waals surface area contributed by atoms with E-state index in [1.54, 1.807) is 0 Å². The quantitative estimate of drug-likeness (QED) is 0.440. The van der Waals surface area contributed by atoms with Crippen molar-refractivity contribution in [2.75, 3.05) is 32.7 Å². The van der Waals surface area contributed by atoms with Crippen LogP contribution in [0, 0.1) is 17.8 Å². The minimum Gasteiger partial charge on any atom is -0.480 e. The van der Waals surface area contributed by atoms with Crippen molar-refractivity contribution < 1.29 is 9.90 Å². The Labute approximate surface area is 217 Å². The average Bonchev–Trinajstić information content (AvgIpc) is 3.57. The third-order valence-electron chi connectivity index (χ3n) is 9.31. The summed E-state index contributed by atoms with van der Waals surface area (Å²) in [5.41, 5.74) is 2.85. The zero-order chi connectivity index (χ0) is 24.7. The second-order valence-corrected chi connectivity index (χ2v) is 11.7. The molecule has 4 heteroatoms. The van der Waals surface area contributed by atoms with Gasteiger partial charge < -0.3 is 10.0 Å². The molecule has 3 atom stereocenters. The fourth-order valence-electron chi connectivity index (χ4n) is 7.35. The SMILES string of the molecule is O=C(O)C(C1CCCC1)N1CC(CN2CCC(CCCc3ccccc3)CC2)C(c2ccccc2)C1. The number of carboxylic acid groups (broad SMARTS) is 1. The van der Waals surface area contributed by atoms with Crippen molar-refractivity contribution in [3.8, 4) is 0 Å². The fourth-order valence-corrected chi connectivity index (χ4v) is 7.35. The first-order valence-corrected chi connectivity index (χ1v) is 14.5. The van der Waals surface area contributed by atoms with Gasteiger partial charge in [-0.3, -0.25) is 9.69 Å². The van der Waals surface area contributed by atoms with Crippen molar-refractivity contribution >= 4 is 5.97 Å². The first-order chi connectivity index (χ1) is 17.7. The van der Waals surface area contributed by atoms with Crippen LogP contribution in [0.1, 0.15) is 68.4 Å². The van der Waals surface area contributed by atoms with E-state index in [1.807, 2.05) is 0 Å². The average molecular weight is 489 g/mol. The summed E-state index contributed by atoms with van der Waals surface area (Å²) >= 11 is 0. The lowest BCUT2D eigenvalue weighted by Crippen LogP contribution is -2.45. The van der Waals surface area contributed by atoms with E-state index in [9.17, 15) is 9.90 Å². The van der Waals surface area contributed by atoms with E-state index in [0.29, 0.717) is 17.8 Å². The van der Waals surface area contributed by atoms with Crippen molar-refractivity contribution in [1.29, 1.82) is 0 Å². The lowest BCUT2D eigenvalue weighted by atomic mass is 9.87. The van der Waals surface area contributed by atoms with Crippen molar-refractivity contribution in [2.24, 2.45) is 17.8 Å². The van der Waals surface area contributed by atoms with Gasteiger partial charge in [0, 0.05) is 25.6 Å². The Bertz CT molecular complexity index is 935. The van der Waals surface area contributed by atoms with Gasteiger partial charge in [0.15, 0.2) is 0 Å². The number of hydrogen-bond donors (Lipinski definition) is 1. The molecular formula is C32H44N2O2. The minimum atomic E-state index is -0.606. The van der Waals surface area contributed by atoms with Gasteiger partial charge in [-0.05, 0) is 80.5 Å². The molecule has 2 aliphatic heterocycles.